The lowest BCUT2D eigenvalue weighted by Gasteiger charge is -2.31. The molecule has 0 saturated carbocycles. The van der Waals surface area contributed by atoms with E-state index in [0.717, 1.165) is 25.9 Å². The van der Waals surface area contributed by atoms with Crippen LogP contribution in [0.5, 0.6) is 11.5 Å². The molecule has 1 aliphatic rings. The van der Waals surface area contributed by atoms with Crippen LogP contribution in [0.4, 0.5) is 0 Å². The van der Waals surface area contributed by atoms with Gasteiger partial charge in [0, 0.05) is 31.7 Å². The molecule has 0 aliphatic carbocycles. The molecule has 0 spiro atoms. The third-order valence-electron chi connectivity index (χ3n) is 4.86. The number of methoxy groups -OCH3 is 2. The molecule has 1 aromatic carbocycles. The van der Waals surface area contributed by atoms with Crippen LogP contribution in [0.25, 0.3) is 10.8 Å². The molecule has 6 nitrogen and oxygen atoms in total. The Labute approximate surface area is 146 Å². The van der Waals surface area contributed by atoms with E-state index in [1.807, 2.05) is 4.90 Å². The first kappa shape index (κ1) is 17.3. The Morgan fingerprint density at radius 2 is 1.80 bits per heavy atom. The van der Waals surface area contributed by atoms with Crippen molar-refractivity contribution in [2.75, 3.05) is 27.3 Å². The maximum Gasteiger partial charge on any atom is 0.258 e. The highest BCUT2D eigenvalue weighted by atomic mass is 16.5. The summed E-state index contributed by atoms with van der Waals surface area (Å²) in [5.74, 6) is 1.43. The van der Waals surface area contributed by atoms with E-state index < -0.39 is 0 Å². The maximum absolute atomic E-state index is 13.1. The number of hydrogen-bond acceptors (Lipinski definition) is 4. The number of carbonyl (C=O) groups is 1. The number of ether oxygens (including phenoxy) is 2. The van der Waals surface area contributed by atoms with Crippen molar-refractivity contribution < 1.29 is 14.3 Å². The van der Waals surface area contributed by atoms with Crippen LogP contribution in [0.1, 0.15) is 30.1 Å². The van der Waals surface area contributed by atoms with Crippen molar-refractivity contribution in [3.05, 3.63) is 34.2 Å². The fourth-order valence-electron chi connectivity index (χ4n) is 3.51. The van der Waals surface area contributed by atoms with E-state index >= 15 is 0 Å². The van der Waals surface area contributed by atoms with Gasteiger partial charge < -0.3 is 18.9 Å². The summed E-state index contributed by atoms with van der Waals surface area (Å²) < 4.78 is 12.1. The van der Waals surface area contributed by atoms with Gasteiger partial charge in [-0.1, -0.05) is 6.92 Å². The van der Waals surface area contributed by atoms with Crippen LogP contribution in [0, 0.1) is 5.92 Å². The topological polar surface area (TPSA) is 60.8 Å². The second-order valence-corrected chi connectivity index (χ2v) is 6.71. The lowest BCUT2D eigenvalue weighted by molar-refractivity contribution is 0.0684. The van der Waals surface area contributed by atoms with Crippen LogP contribution in [0.2, 0.25) is 0 Å². The molecular weight excluding hydrogens is 320 g/mol. The Bertz CT molecular complexity index is 872. The standard InChI is InChI=1S/C19H24N2O4/c1-12-6-5-7-21(10-12)19(23)15-11-20(2)18(22)14-9-17(25-4)16(24-3)8-13(14)15/h8-9,11-12H,5-7,10H2,1-4H3/t12-/m0/s1. The van der Waals surface area contributed by atoms with Crippen LogP contribution in [0.15, 0.2) is 23.1 Å². The second-order valence-electron chi connectivity index (χ2n) is 6.71. The van der Waals surface area contributed by atoms with Crippen LogP contribution >= 0.6 is 0 Å². The Balaban J connectivity index is 2.18. The van der Waals surface area contributed by atoms with Crippen molar-refractivity contribution >= 4 is 16.7 Å². The van der Waals surface area contributed by atoms with E-state index in [-0.39, 0.29) is 11.5 Å². The Morgan fingerprint density at radius 3 is 2.40 bits per heavy atom. The van der Waals surface area contributed by atoms with Crippen LogP contribution in [-0.2, 0) is 7.05 Å². The number of hydrogen-bond donors (Lipinski definition) is 0. The van der Waals surface area contributed by atoms with E-state index in [1.54, 1.807) is 32.5 Å². The third-order valence-corrected chi connectivity index (χ3v) is 4.86. The summed E-state index contributed by atoms with van der Waals surface area (Å²) in [4.78, 5) is 27.5. The molecule has 1 atom stereocenters. The zero-order chi connectivity index (χ0) is 18.1. The number of likely N-dealkylation sites (tertiary alicyclic amines) is 1. The predicted molar refractivity (Wildman–Crippen MR) is 96.6 cm³/mol. The van der Waals surface area contributed by atoms with Crippen molar-refractivity contribution in [2.24, 2.45) is 13.0 Å². The summed E-state index contributed by atoms with van der Waals surface area (Å²) in [6, 6.07) is 3.36. The summed E-state index contributed by atoms with van der Waals surface area (Å²) >= 11 is 0. The molecule has 0 unspecified atom stereocenters. The van der Waals surface area contributed by atoms with Crippen LogP contribution in [-0.4, -0.2) is 42.7 Å². The molecule has 2 heterocycles. The normalized spacial score (nSPS) is 17.6. The van der Waals surface area contributed by atoms with Crippen LogP contribution in [0.3, 0.4) is 0 Å². The number of nitrogens with zero attached hydrogens (tertiary/aromatic N) is 2. The molecular formula is C19H24N2O4. The quantitative estimate of drug-likeness (QED) is 0.858. The van der Waals surface area contributed by atoms with Crippen molar-refractivity contribution in [2.45, 2.75) is 19.8 Å². The Kier molecular flexibility index (Phi) is 4.70. The third kappa shape index (κ3) is 3.08. The molecule has 6 heteroatoms. The monoisotopic (exact) mass is 344 g/mol. The fourth-order valence-corrected chi connectivity index (χ4v) is 3.51. The number of pyridine rings is 1. The van der Waals surface area contributed by atoms with Gasteiger partial charge >= 0.3 is 0 Å². The van der Waals surface area contributed by atoms with Gasteiger partial charge in [-0.25, -0.2) is 0 Å². The summed E-state index contributed by atoms with van der Waals surface area (Å²) in [6.45, 7) is 3.66. The van der Waals surface area contributed by atoms with Gasteiger partial charge in [-0.2, -0.15) is 0 Å². The highest BCUT2D eigenvalue weighted by Gasteiger charge is 2.25. The molecule has 0 bridgehead atoms. The lowest BCUT2D eigenvalue weighted by atomic mass is 9.98. The smallest absolute Gasteiger partial charge is 0.258 e. The number of piperidine rings is 1. The minimum Gasteiger partial charge on any atom is -0.493 e. The molecule has 1 aromatic heterocycles. The SMILES string of the molecule is COc1cc2c(C(=O)N3CCC[C@H](C)C3)cn(C)c(=O)c2cc1OC. The molecule has 134 valence electrons. The van der Waals surface area contributed by atoms with Gasteiger partial charge in [0.25, 0.3) is 11.5 Å². The number of aryl methyl sites for hydroxylation is 1. The number of amides is 1. The fraction of sp³-hybridized carbons (Fsp3) is 0.474. The van der Waals surface area contributed by atoms with E-state index in [0.29, 0.717) is 33.8 Å². The zero-order valence-corrected chi connectivity index (χ0v) is 15.2. The van der Waals surface area contributed by atoms with Crippen LogP contribution < -0.4 is 15.0 Å². The molecule has 0 radical (unpaired) electrons. The first-order valence-corrected chi connectivity index (χ1v) is 8.51. The van der Waals surface area contributed by atoms with Gasteiger partial charge in [0.2, 0.25) is 0 Å². The lowest BCUT2D eigenvalue weighted by Crippen LogP contribution is -2.39. The Morgan fingerprint density at radius 1 is 1.16 bits per heavy atom. The van der Waals surface area contributed by atoms with Crippen molar-refractivity contribution in [3.8, 4) is 11.5 Å². The van der Waals surface area contributed by atoms with Gasteiger partial charge in [0.1, 0.15) is 0 Å². The molecule has 25 heavy (non-hydrogen) atoms. The molecule has 1 aliphatic heterocycles. The van der Waals surface area contributed by atoms with Crippen molar-refractivity contribution in [1.82, 2.24) is 9.47 Å². The average Bonchev–Trinajstić information content (AvgIpc) is 2.63. The summed E-state index contributed by atoms with van der Waals surface area (Å²) in [5.41, 5.74) is 0.353. The second kappa shape index (κ2) is 6.78. The predicted octanol–water partition coefficient (Wildman–Crippen LogP) is 2.43. The number of rotatable bonds is 3. The molecule has 0 N–H and O–H groups in total. The van der Waals surface area contributed by atoms with E-state index in [9.17, 15) is 9.59 Å². The molecule has 1 fully saturated rings. The molecule has 1 saturated heterocycles. The van der Waals surface area contributed by atoms with Gasteiger partial charge in [-0.15, -0.1) is 0 Å². The van der Waals surface area contributed by atoms with Gasteiger partial charge in [0.15, 0.2) is 11.5 Å². The van der Waals surface area contributed by atoms with E-state index in [4.69, 9.17) is 9.47 Å². The van der Waals surface area contributed by atoms with Crippen molar-refractivity contribution in [1.29, 1.82) is 0 Å². The highest BCUT2D eigenvalue weighted by molar-refractivity contribution is 6.07. The largest absolute Gasteiger partial charge is 0.493 e. The molecule has 2 aromatic rings. The number of carbonyl (C=O) groups excluding carboxylic acids is 1. The molecule has 1 amide bonds. The minimum absolute atomic E-state index is 0.0423. The number of fused-ring (bicyclic) bond motifs is 1. The van der Waals surface area contributed by atoms with Crippen molar-refractivity contribution in [3.63, 3.8) is 0 Å². The number of benzene rings is 1. The first-order chi connectivity index (χ1) is 12.0. The van der Waals surface area contributed by atoms with Gasteiger partial charge in [0.05, 0.1) is 25.2 Å². The summed E-state index contributed by atoms with van der Waals surface area (Å²) in [7, 11) is 4.73. The zero-order valence-electron chi connectivity index (χ0n) is 15.2. The minimum atomic E-state index is -0.167. The Hall–Kier alpha value is -2.50. The first-order valence-electron chi connectivity index (χ1n) is 8.51. The summed E-state index contributed by atoms with van der Waals surface area (Å²) in [5, 5.41) is 1.06. The average molecular weight is 344 g/mol. The van der Waals surface area contributed by atoms with E-state index in [1.165, 1.54) is 11.7 Å². The summed E-state index contributed by atoms with van der Waals surface area (Å²) in [6.07, 6.45) is 3.77. The number of aromatic nitrogens is 1. The van der Waals surface area contributed by atoms with Gasteiger partial charge in [-0.3, -0.25) is 9.59 Å². The van der Waals surface area contributed by atoms with E-state index in [2.05, 4.69) is 6.92 Å². The van der Waals surface area contributed by atoms with Gasteiger partial charge in [-0.05, 0) is 30.9 Å². The highest BCUT2D eigenvalue weighted by Crippen LogP contribution is 2.33. The molecule has 3 rings (SSSR count). The maximum atomic E-state index is 13.1.